The van der Waals surface area contributed by atoms with Gasteiger partial charge in [0.1, 0.15) is 0 Å². The Hall–Kier alpha value is -2.05. The number of nitrogens with one attached hydrogen (secondary N) is 2. The van der Waals surface area contributed by atoms with Gasteiger partial charge in [-0.05, 0) is 5.56 Å². The third kappa shape index (κ3) is 1.54. The minimum Gasteiger partial charge on any atom is -0.312 e. The van der Waals surface area contributed by atoms with Crippen LogP contribution >= 0.6 is 0 Å². The highest BCUT2D eigenvalue weighted by molar-refractivity contribution is 6.08. The molecule has 1 aromatic rings. The van der Waals surface area contributed by atoms with Gasteiger partial charge in [-0.1, -0.05) is 30.3 Å². The maximum Gasteiger partial charge on any atom is 0.425 e. The predicted molar refractivity (Wildman–Crippen MR) is 50.8 cm³/mol. The van der Waals surface area contributed by atoms with Crippen LogP contribution < -0.4 is 10.6 Å². The maximum absolute atomic E-state index is 13.0. The molecule has 0 radical (unpaired) electrons. The number of hydrogen-bond donors (Lipinski definition) is 2. The first-order chi connectivity index (χ1) is 7.88. The van der Waals surface area contributed by atoms with Crippen LogP contribution in [0, 0.1) is 0 Å². The molecule has 7 heteroatoms. The Morgan fingerprint density at radius 3 is 2.06 bits per heavy atom. The molecule has 0 bridgehead atoms. The van der Waals surface area contributed by atoms with E-state index in [0.29, 0.717) is 0 Å². The maximum atomic E-state index is 13.0. The van der Waals surface area contributed by atoms with E-state index in [2.05, 4.69) is 0 Å². The van der Waals surface area contributed by atoms with E-state index in [1.807, 2.05) is 0 Å². The van der Waals surface area contributed by atoms with Crippen LogP contribution in [0.15, 0.2) is 30.3 Å². The Bertz CT molecular complexity index is 472. The summed E-state index contributed by atoms with van der Waals surface area (Å²) in [6, 6.07) is 5.36. The highest BCUT2D eigenvalue weighted by Crippen LogP contribution is 2.40. The summed E-state index contributed by atoms with van der Waals surface area (Å²) in [4.78, 5) is 22.4. The molecule has 2 rings (SSSR count). The van der Waals surface area contributed by atoms with Crippen molar-refractivity contribution >= 4 is 11.9 Å². The number of halogens is 3. The molecule has 0 saturated carbocycles. The van der Waals surface area contributed by atoms with Gasteiger partial charge in [0.25, 0.3) is 5.91 Å². The third-order valence-electron chi connectivity index (χ3n) is 2.50. The summed E-state index contributed by atoms with van der Waals surface area (Å²) >= 11 is 0. The average Bonchev–Trinajstić information content (AvgIpc) is 2.55. The molecule has 1 saturated heterocycles. The lowest BCUT2D eigenvalue weighted by Gasteiger charge is -2.28. The third-order valence-corrected chi connectivity index (χ3v) is 2.50. The van der Waals surface area contributed by atoms with Crippen molar-refractivity contribution in [3.8, 4) is 0 Å². The van der Waals surface area contributed by atoms with E-state index in [4.69, 9.17) is 0 Å². The zero-order chi connectivity index (χ0) is 12.7. The summed E-state index contributed by atoms with van der Waals surface area (Å²) < 4.78 is 39.1. The monoisotopic (exact) mass is 244 g/mol. The van der Waals surface area contributed by atoms with Crippen molar-refractivity contribution in [3.63, 3.8) is 0 Å². The highest BCUT2D eigenvalue weighted by atomic mass is 19.4. The van der Waals surface area contributed by atoms with Crippen molar-refractivity contribution in [2.45, 2.75) is 11.7 Å². The molecule has 0 unspecified atom stereocenters. The number of carbonyl (C=O) groups excluding carboxylic acids is 2. The zero-order valence-corrected chi connectivity index (χ0v) is 8.34. The Kier molecular flexibility index (Phi) is 2.34. The van der Waals surface area contributed by atoms with Gasteiger partial charge in [-0.3, -0.25) is 10.1 Å². The Morgan fingerprint density at radius 1 is 1.06 bits per heavy atom. The van der Waals surface area contributed by atoms with Gasteiger partial charge in [0.15, 0.2) is 0 Å². The predicted octanol–water partition coefficient (Wildman–Crippen LogP) is 1.28. The van der Waals surface area contributed by atoms with Crippen LogP contribution in [-0.4, -0.2) is 18.1 Å². The lowest BCUT2D eigenvalue weighted by Crippen LogP contribution is -2.55. The number of carbonyl (C=O) groups is 2. The van der Waals surface area contributed by atoms with E-state index < -0.39 is 23.7 Å². The molecule has 3 amide bonds. The second kappa shape index (κ2) is 3.47. The SMILES string of the molecule is O=C1NC(=O)[C@](c2ccccc2)(C(F)(F)F)N1. The van der Waals surface area contributed by atoms with E-state index in [1.54, 1.807) is 10.6 Å². The molecule has 1 atom stereocenters. The van der Waals surface area contributed by atoms with Gasteiger partial charge >= 0.3 is 12.2 Å². The zero-order valence-electron chi connectivity index (χ0n) is 8.34. The van der Waals surface area contributed by atoms with Crippen LogP contribution in [0.4, 0.5) is 18.0 Å². The molecule has 1 heterocycles. The lowest BCUT2D eigenvalue weighted by molar-refractivity contribution is -0.195. The second-order valence-electron chi connectivity index (χ2n) is 3.52. The molecular formula is C10H7F3N2O2. The fourth-order valence-corrected chi connectivity index (χ4v) is 1.71. The van der Waals surface area contributed by atoms with Crippen LogP contribution in [0.25, 0.3) is 0 Å². The van der Waals surface area contributed by atoms with Gasteiger partial charge in [-0.25, -0.2) is 4.79 Å². The summed E-state index contributed by atoms with van der Waals surface area (Å²) in [6.45, 7) is 0. The second-order valence-corrected chi connectivity index (χ2v) is 3.52. The first-order valence-electron chi connectivity index (χ1n) is 4.64. The molecule has 4 nitrogen and oxygen atoms in total. The number of benzene rings is 1. The largest absolute Gasteiger partial charge is 0.425 e. The van der Waals surface area contributed by atoms with Crippen molar-refractivity contribution in [3.05, 3.63) is 35.9 Å². The number of imide groups is 1. The van der Waals surface area contributed by atoms with Gasteiger partial charge in [-0.2, -0.15) is 13.2 Å². The van der Waals surface area contributed by atoms with Crippen molar-refractivity contribution in [2.75, 3.05) is 0 Å². The van der Waals surface area contributed by atoms with Crippen LogP contribution in [0.2, 0.25) is 0 Å². The van der Waals surface area contributed by atoms with E-state index in [0.717, 1.165) is 12.1 Å². The number of urea groups is 1. The standard InChI is InChI=1S/C10H7F3N2O2/c11-10(12,13)9(6-4-2-1-3-5-6)7(16)14-8(17)15-9/h1-5H,(H2,14,15,16,17)/t9-/m1/s1. The van der Waals surface area contributed by atoms with Gasteiger partial charge < -0.3 is 5.32 Å². The fourth-order valence-electron chi connectivity index (χ4n) is 1.71. The fraction of sp³-hybridized carbons (Fsp3) is 0.200. The molecule has 1 aliphatic rings. The van der Waals surface area contributed by atoms with Crippen molar-refractivity contribution in [1.82, 2.24) is 10.6 Å². The summed E-state index contributed by atoms with van der Waals surface area (Å²) in [6.07, 6.45) is -4.91. The van der Waals surface area contributed by atoms with Crippen LogP contribution in [0.1, 0.15) is 5.56 Å². The topological polar surface area (TPSA) is 58.2 Å². The molecule has 0 aliphatic carbocycles. The molecule has 90 valence electrons. The van der Waals surface area contributed by atoms with Crippen LogP contribution in [0.3, 0.4) is 0 Å². The number of amides is 3. The van der Waals surface area contributed by atoms with Crippen LogP contribution in [0.5, 0.6) is 0 Å². The summed E-state index contributed by atoms with van der Waals surface area (Å²) in [5.74, 6) is -1.42. The first-order valence-corrected chi connectivity index (χ1v) is 4.64. The average molecular weight is 244 g/mol. The van der Waals surface area contributed by atoms with E-state index in [-0.39, 0.29) is 5.56 Å². The normalized spacial score (nSPS) is 24.4. The summed E-state index contributed by atoms with van der Waals surface area (Å²) in [5, 5.41) is 3.25. The Balaban J connectivity index is 2.61. The van der Waals surface area contributed by atoms with Crippen molar-refractivity contribution < 1.29 is 22.8 Å². The Labute approximate surface area is 93.8 Å². The summed E-state index contributed by atoms with van der Waals surface area (Å²) in [7, 11) is 0. The van der Waals surface area contributed by atoms with Crippen LogP contribution in [-0.2, 0) is 10.3 Å². The molecule has 0 aromatic heterocycles. The molecule has 2 N–H and O–H groups in total. The smallest absolute Gasteiger partial charge is 0.312 e. The minimum absolute atomic E-state index is 0.323. The number of rotatable bonds is 1. The van der Waals surface area contributed by atoms with Gasteiger partial charge in [0.2, 0.25) is 5.54 Å². The minimum atomic E-state index is -4.91. The highest BCUT2D eigenvalue weighted by Gasteiger charge is 2.66. The molecule has 1 aliphatic heterocycles. The van der Waals surface area contributed by atoms with Crippen molar-refractivity contribution in [2.24, 2.45) is 0 Å². The Morgan fingerprint density at radius 2 is 1.65 bits per heavy atom. The molecule has 17 heavy (non-hydrogen) atoms. The number of hydrogen-bond acceptors (Lipinski definition) is 2. The lowest BCUT2D eigenvalue weighted by atomic mass is 9.89. The summed E-state index contributed by atoms with van der Waals surface area (Å²) in [5.41, 5.74) is -3.32. The molecule has 0 spiro atoms. The van der Waals surface area contributed by atoms with Crippen molar-refractivity contribution in [1.29, 1.82) is 0 Å². The first kappa shape index (κ1) is 11.4. The number of alkyl halides is 3. The molecular weight excluding hydrogens is 237 g/mol. The van der Waals surface area contributed by atoms with Gasteiger partial charge in [0, 0.05) is 0 Å². The van der Waals surface area contributed by atoms with E-state index >= 15 is 0 Å². The quantitative estimate of drug-likeness (QED) is 0.731. The van der Waals surface area contributed by atoms with Gasteiger partial charge in [-0.15, -0.1) is 0 Å². The van der Waals surface area contributed by atoms with E-state index in [1.165, 1.54) is 18.2 Å². The van der Waals surface area contributed by atoms with E-state index in [9.17, 15) is 22.8 Å². The molecule has 1 fully saturated rings. The van der Waals surface area contributed by atoms with Gasteiger partial charge in [0.05, 0.1) is 0 Å². The molecule has 1 aromatic carbocycles.